The van der Waals surface area contributed by atoms with Crippen LogP contribution in [0.5, 0.6) is 0 Å². The zero-order valence-corrected chi connectivity index (χ0v) is 13.6. The van der Waals surface area contributed by atoms with E-state index in [1.54, 1.807) is 12.4 Å². The normalized spacial score (nSPS) is 11.0. The second kappa shape index (κ2) is 9.34. The topological polar surface area (TPSA) is 57.3 Å². The minimum absolute atomic E-state index is 0.0555. The van der Waals surface area contributed by atoms with Crippen molar-refractivity contribution in [2.75, 3.05) is 39.0 Å². The molecular weight excluding hydrogens is 264 g/mol. The summed E-state index contributed by atoms with van der Waals surface area (Å²) in [5, 5.41) is 6.23. The van der Waals surface area contributed by atoms with Crippen molar-refractivity contribution in [2.45, 2.75) is 26.7 Å². The highest BCUT2D eigenvalue weighted by molar-refractivity contribution is 5.94. The van der Waals surface area contributed by atoms with Gasteiger partial charge in [-0.15, -0.1) is 0 Å². The Balaban J connectivity index is 2.42. The fraction of sp³-hybridized carbons (Fsp3) is 0.625. The lowest BCUT2D eigenvalue weighted by molar-refractivity contribution is 0.0951. The molecule has 1 amide bonds. The third-order valence-corrected chi connectivity index (χ3v) is 3.12. The molecule has 0 fully saturated rings. The molecule has 1 rings (SSSR count). The number of carbonyl (C=O) groups excluding carboxylic acids is 1. The van der Waals surface area contributed by atoms with Crippen LogP contribution in [0.1, 0.15) is 37.0 Å². The van der Waals surface area contributed by atoms with Crippen molar-refractivity contribution in [1.29, 1.82) is 0 Å². The molecular formula is C16H28N4O. The van der Waals surface area contributed by atoms with Gasteiger partial charge < -0.3 is 15.5 Å². The first-order chi connectivity index (χ1) is 9.99. The lowest BCUT2D eigenvalue weighted by atomic mass is 10.1. The second-order valence-corrected chi connectivity index (χ2v) is 5.98. The van der Waals surface area contributed by atoms with Gasteiger partial charge >= 0.3 is 0 Å². The third-order valence-electron chi connectivity index (χ3n) is 3.12. The summed E-state index contributed by atoms with van der Waals surface area (Å²) in [5.41, 5.74) is 1.50. The quantitative estimate of drug-likeness (QED) is 0.685. The zero-order valence-electron chi connectivity index (χ0n) is 13.6. The van der Waals surface area contributed by atoms with Gasteiger partial charge in [0.2, 0.25) is 0 Å². The summed E-state index contributed by atoms with van der Waals surface area (Å²) in [6.45, 7) is 6.91. The molecule has 0 atom stereocenters. The van der Waals surface area contributed by atoms with Crippen LogP contribution < -0.4 is 10.6 Å². The smallest absolute Gasteiger partial charge is 0.252 e. The van der Waals surface area contributed by atoms with Gasteiger partial charge in [-0.1, -0.05) is 13.8 Å². The Labute approximate surface area is 128 Å². The summed E-state index contributed by atoms with van der Waals surface area (Å²) < 4.78 is 0. The summed E-state index contributed by atoms with van der Waals surface area (Å²) in [5.74, 6) is 0.535. The number of anilines is 1. The van der Waals surface area contributed by atoms with Gasteiger partial charge in [0, 0.05) is 25.5 Å². The molecule has 0 saturated carbocycles. The predicted molar refractivity (Wildman–Crippen MR) is 87.7 cm³/mol. The number of rotatable bonds is 9. The van der Waals surface area contributed by atoms with Crippen molar-refractivity contribution >= 4 is 11.6 Å². The number of aromatic nitrogens is 1. The molecule has 5 nitrogen and oxygen atoms in total. The zero-order chi connectivity index (χ0) is 15.7. The molecule has 5 heteroatoms. The lowest BCUT2D eigenvalue weighted by Crippen LogP contribution is -2.25. The minimum Gasteiger partial charge on any atom is -0.384 e. The molecule has 0 bridgehead atoms. The van der Waals surface area contributed by atoms with E-state index in [0.29, 0.717) is 18.0 Å². The molecule has 0 unspecified atom stereocenters. The van der Waals surface area contributed by atoms with Crippen LogP contribution in [0.4, 0.5) is 5.69 Å². The number of nitrogens with one attached hydrogen (secondary N) is 2. The van der Waals surface area contributed by atoms with Crippen molar-refractivity contribution in [1.82, 2.24) is 15.2 Å². The highest BCUT2D eigenvalue weighted by Gasteiger charge is 2.06. The van der Waals surface area contributed by atoms with E-state index in [4.69, 9.17) is 0 Å². The van der Waals surface area contributed by atoms with Crippen LogP contribution in [0.25, 0.3) is 0 Å². The fourth-order valence-corrected chi connectivity index (χ4v) is 1.87. The number of amides is 1. The van der Waals surface area contributed by atoms with Crippen LogP contribution in [-0.2, 0) is 0 Å². The molecule has 0 aliphatic carbocycles. The van der Waals surface area contributed by atoms with Gasteiger partial charge in [-0.05, 0) is 45.5 Å². The van der Waals surface area contributed by atoms with Gasteiger partial charge in [0.1, 0.15) is 0 Å². The summed E-state index contributed by atoms with van der Waals surface area (Å²) in [7, 11) is 4.12. The Morgan fingerprint density at radius 2 is 2.05 bits per heavy atom. The summed E-state index contributed by atoms with van der Waals surface area (Å²) in [6.07, 6.45) is 5.40. The average molecular weight is 292 g/mol. The van der Waals surface area contributed by atoms with E-state index in [9.17, 15) is 4.79 Å². The maximum absolute atomic E-state index is 12.0. The molecule has 0 spiro atoms. The molecule has 1 heterocycles. The average Bonchev–Trinajstić information content (AvgIpc) is 2.43. The Hall–Kier alpha value is -1.62. The van der Waals surface area contributed by atoms with E-state index >= 15 is 0 Å². The molecule has 21 heavy (non-hydrogen) atoms. The SMILES string of the molecule is CC(C)CCNC(=O)c1cncc(NCCCN(C)C)c1. The van der Waals surface area contributed by atoms with Crippen LogP contribution >= 0.6 is 0 Å². The minimum atomic E-state index is -0.0555. The lowest BCUT2D eigenvalue weighted by Gasteiger charge is -2.11. The number of pyridine rings is 1. The second-order valence-electron chi connectivity index (χ2n) is 5.98. The number of hydrogen-bond acceptors (Lipinski definition) is 4. The third kappa shape index (κ3) is 7.66. The van der Waals surface area contributed by atoms with Crippen LogP contribution in [-0.4, -0.2) is 49.5 Å². The van der Waals surface area contributed by atoms with Gasteiger partial charge in [0.05, 0.1) is 11.3 Å². The van der Waals surface area contributed by atoms with E-state index in [1.165, 1.54) is 0 Å². The van der Waals surface area contributed by atoms with Gasteiger partial charge in [-0.3, -0.25) is 9.78 Å². The molecule has 0 saturated heterocycles. The van der Waals surface area contributed by atoms with Gasteiger partial charge in [-0.25, -0.2) is 0 Å². The van der Waals surface area contributed by atoms with Crippen molar-refractivity contribution < 1.29 is 4.79 Å². The Kier molecular flexibility index (Phi) is 7.75. The molecule has 118 valence electrons. The molecule has 0 radical (unpaired) electrons. The van der Waals surface area contributed by atoms with Crippen LogP contribution in [0.3, 0.4) is 0 Å². The fourth-order valence-electron chi connectivity index (χ4n) is 1.87. The highest BCUT2D eigenvalue weighted by atomic mass is 16.1. The first kappa shape index (κ1) is 17.4. The Bertz CT molecular complexity index is 432. The highest BCUT2D eigenvalue weighted by Crippen LogP contribution is 2.08. The molecule has 1 aromatic heterocycles. The summed E-state index contributed by atoms with van der Waals surface area (Å²) >= 11 is 0. The van der Waals surface area contributed by atoms with E-state index in [-0.39, 0.29) is 5.91 Å². The summed E-state index contributed by atoms with van der Waals surface area (Å²) in [4.78, 5) is 18.3. The van der Waals surface area contributed by atoms with E-state index < -0.39 is 0 Å². The van der Waals surface area contributed by atoms with Crippen molar-refractivity contribution in [3.63, 3.8) is 0 Å². The monoisotopic (exact) mass is 292 g/mol. The number of nitrogens with zero attached hydrogens (tertiary/aromatic N) is 2. The molecule has 0 aliphatic heterocycles. The van der Waals surface area contributed by atoms with Crippen LogP contribution in [0, 0.1) is 5.92 Å². The Morgan fingerprint density at radius 3 is 2.71 bits per heavy atom. The summed E-state index contributed by atoms with van der Waals surface area (Å²) in [6, 6.07) is 1.85. The Morgan fingerprint density at radius 1 is 1.29 bits per heavy atom. The van der Waals surface area contributed by atoms with Gasteiger partial charge in [-0.2, -0.15) is 0 Å². The van der Waals surface area contributed by atoms with E-state index in [0.717, 1.165) is 31.6 Å². The predicted octanol–water partition coefficient (Wildman–Crippen LogP) is 2.22. The number of hydrogen-bond donors (Lipinski definition) is 2. The van der Waals surface area contributed by atoms with Crippen molar-refractivity contribution in [2.24, 2.45) is 5.92 Å². The molecule has 2 N–H and O–H groups in total. The largest absolute Gasteiger partial charge is 0.384 e. The van der Waals surface area contributed by atoms with Gasteiger partial charge in [0.15, 0.2) is 0 Å². The van der Waals surface area contributed by atoms with Crippen molar-refractivity contribution in [3.05, 3.63) is 24.0 Å². The first-order valence-corrected chi connectivity index (χ1v) is 7.61. The molecule has 0 aliphatic rings. The van der Waals surface area contributed by atoms with E-state index in [1.807, 2.05) is 6.07 Å². The van der Waals surface area contributed by atoms with Crippen molar-refractivity contribution in [3.8, 4) is 0 Å². The number of carbonyl (C=O) groups is 1. The van der Waals surface area contributed by atoms with Crippen LogP contribution in [0.15, 0.2) is 18.5 Å². The maximum atomic E-state index is 12.0. The van der Waals surface area contributed by atoms with Gasteiger partial charge in [0.25, 0.3) is 5.91 Å². The standard InChI is InChI=1S/C16H28N4O/c1-13(2)6-8-19-16(21)14-10-15(12-17-11-14)18-7-5-9-20(3)4/h10-13,18H,5-9H2,1-4H3,(H,19,21). The first-order valence-electron chi connectivity index (χ1n) is 7.61. The van der Waals surface area contributed by atoms with Crippen LogP contribution in [0.2, 0.25) is 0 Å². The maximum Gasteiger partial charge on any atom is 0.252 e. The molecule has 1 aromatic rings. The molecule has 0 aromatic carbocycles. The van der Waals surface area contributed by atoms with E-state index in [2.05, 4.69) is 48.5 Å².